The lowest BCUT2D eigenvalue weighted by Gasteiger charge is -2.22. The zero-order valence-corrected chi connectivity index (χ0v) is 11.5. The Balaban J connectivity index is 4.90. The van der Waals surface area contributed by atoms with Crippen molar-refractivity contribution in [1.29, 1.82) is 0 Å². The van der Waals surface area contributed by atoms with Crippen LogP contribution in [-0.2, 0) is 19.6 Å². The molecule has 16 heavy (non-hydrogen) atoms. The molecule has 8 heteroatoms. The molecule has 0 bridgehead atoms. The zero-order chi connectivity index (χ0) is 12.8. The fraction of sp³-hybridized carbons (Fsp3) is 0.875. The van der Waals surface area contributed by atoms with Gasteiger partial charge in [0.05, 0.1) is 7.11 Å². The maximum atomic E-state index is 11.9. The highest BCUT2D eigenvalue weighted by atomic mass is 35.5. The monoisotopic (exact) mass is 291 g/mol. The highest BCUT2D eigenvalue weighted by molar-refractivity contribution is 7.90. The lowest BCUT2D eigenvalue weighted by Crippen LogP contribution is -2.43. The number of carbonyl (C=O) groups excluding carboxylic acids is 1. The van der Waals surface area contributed by atoms with Crippen LogP contribution < -0.4 is 0 Å². The average Bonchev–Trinajstić information content (AvgIpc) is 2.26. The number of nitrogens with zero attached hydrogens (tertiary/aromatic N) is 1. The van der Waals surface area contributed by atoms with Crippen molar-refractivity contribution in [1.82, 2.24) is 4.31 Å². The average molecular weight is 292 g/mol. The molecule has 0 saturated carbocycles. The smallest absolute Gasteiger partial charge is 0.325 e. The fourth-order valence-corrected chi connectivity index (χ4v) is 3.15. The molecule has 0 spiro atoms. The normalized spacial score (nSPS) is 13.8. The first kappa shape index (κ1) is 16.0. The predicted molar refractivity (Wildman–Crippen MR) is 63.4 cm³/mol. The van der Waals surface area contributed by atoms with Gasteiger partial charge in [-0.15, -0.1) is 23.2 Å². The van der Waals surface area contributed by atoms with Crippen molar-refractivity contribution < 1.29 is 17.9 Å². The summed E-state index contributed by atoms with van der Waals surface area (Å²) in [5, 5.41) is -1.25. The van der Waals surface area contributed by atoms with Gasteiger partial charge in [0.15, 0.2) is 5.25 Å². The van der Waals surface area contributed by atoms with Crippen LogP contribution in [-0.4, -0.2) is 55.9 Å². The SMILES string of the molecule is COC(=O)C(C)S(=O)(=O)N(CCCl)CCCl. The summed E-state index contributed by atoms with van der Waals surface area (Å²) in [4.78, 5) is 11.2. The number of methoxy groups -OCH3 is 1. The minimum atomic E-state index is -3.75. The second-order valence-electron chi connectivity index (χ2n) is 2.99. The van der Waals surface area contributed by atoms with Crippen molar-refractivity contribution in [3.8, 4) is 0 Å². The minimum absolute atomic E-state index is 0.123. The number of halogens is 2. The third-order valence-electron chi connectivity index (χ3n) is 2.01. The number of ether oxygens (including phenoxy) is 1. The summed E-state index contributed by atoms with van der Waals surface area (Å²) >= 11 is 11.0. The van der Waals surface area contributed by atoms with Gasteiger partial charge in [-0.3, -0.25) is 4.79 Å². The number of hydrogen-bond acceptors (Lipinski definition) is 4. The molecule has 0 aromatic rings. The van der Waals surface area contributed by atoms with Gasteiger partial charge >= 0.3 is 5.97 Å². The Morgan fingerprint density at radius 2 is 1.75 bits per heavy atom. The van der Waals surface area contributed by atoms with Gasteiger partial charge in [-0.1, -0.05) is 0 Å². The first-order valence-electron chi connectivity index (χ1n) is 4.60. The second kappa shape index (κ2) is 7.32. The van der Waals surface area contributed by atoms with E-state index >= 15 is 0 Å². The van der Waals surface area contributed by atoms with Gasteiger partial charge in [0.2, 0.25) is 10.0 Å². The minimum Gasteiger partial charge on any atom is -0.468 e. The van der Waals surface area contributed by atoms with Crippen molar-refractivity contribution >= 4 is 39.2 Å². The van der Waals surface area contributed by atoms with Gasteiger partial charge in [-0.25, -0.2) is 8.42 Å². The van der Waals surface area contributed by atoms with Crippen LogP contribution in [0.1, 0.15) is 6.92 Å². The Hall–Kier alpha value is -0.0400. The van der Waals surface area contributed by atoms with E-state index in [0.717, 1.165) is 11.4 Å². The number of sulfonamides is 1. The summed E-state index contributed by atoms with van der Waals surface area (Å²) in [5.41, 5.74) is 0. The molecule has 0 aliphatic rings. The molecule has 0 heterocycles. The van der Waals surface area contributed by atoms with Crippen LogP contribution in [0.2, 0.25) is 0 Å². The van der Waals surface area contributed by atoms with Crippen molar-refractivity contribution in [2.24, 2.45) is 0 Å². The van der Waals surface area contributed by atoms with Gasteiger partial charge in [0, 0.05) is 24.8 Å². The maximum absolute atomic E-state index is 11.9. The van der Waals surface area contributed by atoms with E-state index in [1.165, 1.54) is 6.92 Å². The lowest BCUT2D eigenvalue weighted by atomic mass is 10.5. The summed E-state index contributed by atoms with van der Waals surface area (Å²) in [6.45, 7) is 1.52. The Labute approximate surface area is 106 Å². The largest absolute Gasteiger partial charge is 0.468 e. The molecule has 5 nitrogen and oxygen atoms in total. The maximum Gasteiger partial charge on any atom is 0.325 e. The summed E-state index contributed by atoms with van der Waals surface area (Å²) in [7, 11) is -2.61. The molecule has 0 aromatic heterocycles. The number of rotatable bonds is 7. The molecule has 0 saturated heterocycles. The Morgan fingerprint density at radius 1 is 1.31 bits per heavy atom. The Kier molecular flexibility index (Phi) is 7.30. The fourth-order valence-electron chi connectivity index (χ4n) is 1.07. The third-order valence-corrected chi connectivity index (χ3v) is 4.52. The summed E-state index contributed by atoms with van der Waals surface area (Å²) in [6, 6.07) is 0. The van der Waals surface area contributed by atoms with Crippen LogP contribution in [0.3, 0.4) is 0 Å². The van der Waals surface area contributed by atoms with Crippen molar-refractivity contribution in [2.45, 2.75) is 12.2 Å². The van der Waals surface area contributed by atoms with Crippen molar-refractivity contribution in [2.75, 3.05) is 32.0 Å². The Morgan fingerprint density at radius 3 is 2.06 bits per heavy atom. The molecule has 0 amide bonds. The number of carbonyl (C=O) groups is 1. The lowest BCUT2D eigenvalue weighted by molar-refractivity contribution is -0.139. The highest BCUT2D eigenvalue weighted by Gasteiger charge is 2.33. The van der Waals surface area contributed by atoms with Gasteiger partial charge < -0.3 is 4.74 Å². The first-order chi connectivity index (χ1) is 7.41. The van der Waals surface area contributed by atoms with Crippen LogP contribution in [0.15, 0.2) is 0 Å². The predicted octanol–water partition coefficient (Wildman–Crippen LogP) is 0.657. The van der Waals surface area contributed by atoms with Gasteiger partial charge in [0.1, 0.15) is 0 Å². The van der Waals surface area contributed by atoms with Crippen molar-refractivity contribution in [3.05, 3.63) is 0 Å². The molecule has 0 aromatic carbocycles. The summed E-state index contributed by atoms with van der Waals surface area (Å²) in [5.74, 6) is -0.511. The van der Waals surface area contributed by atoms with Crippen LogP contribution in [0.25, 0.3) is 0 Å². The topological polar surface area (TPSA) is 63.7 Å². The van der Waals surface area contributed by atoms with Crippen LogP contribution in [0.4, 0.5) is 0 Å². The summed E-state index contributed by atoms with van der Waals surface area (Å²) in [6.07, 6.45) is 0. The van der Waals surface area contributed by atoms with E-state index in [1.807, 2.05) is 0 Å². The Bertz CT molecular complexity index is 314. The number of esters is 1. The number of hydrogen-bond donors (Lipinski definition) is 0. The molecule has 0 rings (SSSR count). The summed E-state index contributed by atoms with van der Waals surface area (Å²) < 4.78 is 29.3. The van der Waals surface area contributed by atoms with E-state index < -0.39 is 21.2 Å². The third kappa shape index (κ3) is 4.08. The van der Waals surface area contributed by atoms with Gasteiger partial charge in [-0.05, 0) is 6.92 Å². The molecule has 96 valence electrons. The van der Waals surface area contributed by atoms with E-state index in [9.17, 15) is 13.2 Å². The molecule has 0 aliphatic carbocycles. The second-order valence-corrected chi connectivity index (χ2v) is 6.00. The van der Waals surface area contributed by atoms with E-state index in [0.29, 0.717) is 0 Å². The van der Waals surface area contributed by atoms with E-state index in [4.69, 9.17) is 23.2 Å². The van der Waals surface area contributed by atoms with E-state index in [1.54, 1.807) is 0 Å². The highest BCUT2D eigenvalue weighted by Crippen LogP contribution is 2.11. The molecule has 1 unspecified atom stereocenters. The van der Waals surface area contributed by atoms with Gasteiger partial charge in [-0.2, -0.15) is 4.31 Å². The zero-order valence-electron chi connectivity index (χ0n) is 9.15. The van der Waals surface area contributed by atoms with E-state index in [2.05, 4.69) is 4.74 Å². The molecule has 0 aliphatic heterocycles. The number of alkyl halides is 2. The van der Waals surface area contributed by atoms with E-state index in [-0.39, 0.29) is 24.8 Å². The molecule has 1 atom stereocenters. The molecular weight excluding hydrogens is 277 g/mol. The van der Waals surface area contributed by atoms with Crippen LogP contribution in [0.5, 0.6) is 0 Å². The first-order valence-corrected chi connectivity index (χ1v) is 7.17. The van der Waals surface area contributed by atoms with Crippen LogP contribution >= 0.6 is 23.2 Å². The molecule has 0 N–H and O–H groups in total. The molecule has 0 radical (unpaired) electrons. The van der Waals surface area contributed by atoms with Gasteiger partial charge in [0.25, 0.3) is 0 Å². The standard InChI is InChI=1S/C8H15Cl2NO4S/c1-7(8(12)15-2)16(13,14)11(5-3-9)6-4-10/h7H,3-6H2,1-2H3. The quantitative estimate of drug-likeness (QED) is 0.511. The van der Waals surface area contributed by atoms with Crippen LogP contribution in [0, 0.1) is 0 Å². The molecule has 0 fully saturated rings. The van der Waals surface area contributed by atoms with Crippen molar-refractivity contribution in [3.63, 3.8) is 0 Å². The molecular formula is C8H15Cl2NO4S.